The number of hydrogen-bond acceptors (Lipinski definition) is 4. The summed E-state index contributed by atoms with van der Waals surface area (Å²) in [6, 6.07) is 9.71. The third kappa shape index (κ3) is 5.54. The van der Waals surface area contributed by atoms with Gasteiger partial charge in [0.05, 0.1) is 6.54 Å². The molecule has 1 amide bonds. The molecule has 0 radical (unpaired) electrons. The summed E-state index contributed by atoms with van der Waals surface area (Å²) in [5, 5.41) is 0. The predicted molar refractivity (Wildman–Crippen MR) is 108 cm³/mol. The first kappa shape index (κ1) is 20.3. The molecular formula is C23H31NO4. The van der Waals surface area contributed by atoms with Crippen LogP contribution in [0.15, 0.2) is 34.7 Å². The lowest BCUT2D eigenvalue weighted by Crippen LogP contribution is -2.31. The number of benzene rings is 1. The molecule has 3 rings (SSSR count). The highest BCUT2D eigenvalue weighted by Gasteiger charge is 2.23. The molecule has 0 unspecified atom stereocenters. The Morgan fingerprint density at radius 3 is 2.54 bits per heavy atom. The molecular weight excluding hydrogens is 354 g/mol. The number of fused-ring (bicyclic) bond motifs is 1. The van der Waals surface area contributed by atoms with Crippen molar-refractivity contribution in [3.8, 4) is 11.5 Å². The topological polar surface area (TPSA) is 51.9 Å². The molecule has 1 aromatic heterocycles. The number of nitrogens with zero attached hydrogens (tertiary/aromatic N) is 1. The molecule has 1 aromatic carbocycles. The number of aryl methyl sites for hydroxylation is 1. The van der Waals surface area contributed by atoms with Gasteiger partial charge in [0.1, 0.15) is 11.5 Å². The zero-order valence-electron chi connectivity index (χ0n) is 17.6. The van der Waals surface area contributed by atoms with Gasteiger partial charge in [-0.25, -0.2) is 0 Å². The van der Waals surface area contributed by atoms with Crippen molar-refractivity contribution in [1.29, 1.82) is 0 Å². The van der Waals surface area contributed by atoms with E-state index in [9.17, 15) is 4.79 Å². The first-order valence-corrected chi connectivity index (χ1v) is 9.91. The van der Waals surface area contributed by atoms with Crippen LogP contribution in [0.5, 0.6) is 11.5 Å². The average molecular weight is 386 g/mol. The number of rotatable bonds is 7. The van der Waals surface area contributed by atoms with Gasteiger partial charge in [-0.05, 0) is 54.5 Å². The SMILES string of the molecule is Cc1ccc(CN(Cc2ccc3c(c2)OCO3)C(=O)C[C@H](C)CC(C)(C)C)o1. The van der Waals surface area contributed by atoms with Gasteiger partial charge < -0.3 is 18.8 Å². The van der Waals surface area contributed by atoms with Crippen molar-refractivity contribution in [2.45, 2.75) is 60.5 Å². The van der Waals surface area contributed by atoms with Crippen LogP contribution in [-0.2, 0) is 17.9 Å². The Bertz CT molecular complexity index is 818. The van der Waals surface area contributed by atoms with Crippen molar-refractivity contribution in [1.82, 2.24) is 4.90 Å². The average Bonchev–Trinajstić information content (AvgIpc) is 3.20. The third-order valence-electron chi connectivity index (χ3n) is 4.79. The minimum atomic E-state index is 0.142. The lowest BCUT2D eigenvalue weighted by molar-refractivity contribution is -0.133. The fraction of sp³-hybridized carbons (Fsp3) is 0.522. The van der Waals surface area contributed by atoms with Crippen molar-refractivity contribution >= 4 is 5.91 Å². The standard InChI is InChI=1S/C23H31NO4/c1-16(12-23(3,4)5)10-22(25)24(14-19-8-6-17(2)28-19)13-18-7-9-20-21(11-18)27-15-26-20/h6-9,11,16H,10,12-15H2,1-5H3/t16-/m0/s1. The van der Waals surface area contributed by atoms with E-state index in [-0.39, 0.29) is 18.1 Å². The predicted octanol–water partition coefficient (Wildman–Crippen LogP) is 5.31. The fourth-order valence-corrected chi connectivity index (χ4v) is 3.79. The second-order valence-electron chi connectivity index (χ2n) is 9.02. The number of carbonyl (C=O) groups excluding carboxylic acids is 1. The summed E-state index contributed by atoms with van der Waals surface area (Å²) >= 11 is 0. The highest BCUT2D eigenvalue weighted by Crippen LogP contribution is 2.33. The Kier molecular flexibility index (Phi) is 6.01. The van der Waals surface area contributed by atoms with Crippen molar-refractivity contribution in [2.75, 3.05) is 6.79 Å². The molecule has 0 spiro atoms. The van der Waals surface area contributed by atoms with E-state index in [1.165, 1.54) is 0 Å². The third-order valence-corrected chi connectivity index (χ3v) is 4.79. The van der Waals surface area contributed by atoms with E-state index in [1.54, 1.807) is 0 Å². The van der Waals surface area contributed by atoms with Gasteiger partial charge >= 0.3 is 0 Å². The molecule has 1 aliphatic heterocycles. The maximum Gasteiger partial charge on any atom is 0.231 e. The second kappa shape index (κ2) is 8.29. The summed E-state index contributed by atoms with van der Waals surface area (Å²) in [6.07, 6.45) is 1.54. The molecule has 0 fully saturated rings. The van der Waals surface area contributed by atoms with Gasteiger partial charge in [0, 0.05) is 13.0 Å². The lowest BCUT2D eigenvalue weighted by atomic mass is 9.84. The van der Waals surface area contributed by atoms with Gasteiger partial charge in [0.2, 0.25) is 12.7 Å². The highest BCUT2D eigenvalue weighted by molar-refractivity contribution is 5.76. The molecule has 0 saturated carbocycles. The molecule has 1 aliphatic rings. The van der Waals surface area contributed by atoms with Crippen LogP contribution in [0.1, 0.15) is 57.6 Å². The molecule has 2 heterocycles. The van der Waals surface area contributed by atoms with E-state index in [0.29, 0.717) is 25.4 Å². The molecule has 5 heteroatoms. The van der Waals surface area contributed by atoms with E-state index in [0.717, 1.165) is 35.0 Å². The number of furan rings is 1. The molecule has 0 saturated heterocycles. The van der Waals surface area contributed by atoms with Crippen LogP contribution in [0.4, 0.5) is 0 Å². The molecule has 28 heavy (non-hydrogen) atoms. The Labute approximate surface area is 167 Å². The smallest absolute Gasteiger partial charge is 0.231 e. The zero-order valence-corrected chi connectivity index (χ0v) is 17.6. The van der Waals surface area contributed by atoms with Crippen LogP contribution >= 0.6 is 0 Å². The van der Waals surface area contributed by atoms with Gasteiger partial charge in [-0.3, -0.25) is 4.79 Å². The van der Waals surface area contributed by atoms with Crippen LogP contribution in [0.2, 0.25) is 0 Å². The molecule has 0 N–H and O–H groups in total. The van der Waals surface area contributed by atoms with Crippen molar-refractivity contribution < 1.29 is 18.7 Å². The van der Waals surface area contributed by atoms with E-state index < -0.39 is 0 Å². The van der Waals surface area contributed by atoms with Gasteiger partial charge in [-0.2, -0.15) is 0 Å². The number of amides is 1. The largest absolute Gasteiger partial charge is 0.464 e. The Morgan fingerprint density at radius 2 is 1.86 bits per heavy atom. The molecule has 152 valence electrons. The Hall–Kier alpha value is -2.43. The quantitative estimate of drug-likeness (QED) is 0.648. The van der Waals surface area contributed by atoms with Crippen LogP contribution < -0.4 is 9.47 Å². The van der Waals surface area contributed by atoms with Gasteiger partial charge in [-0.15, -0.1) is 0 Å². The van der Waals surface area contributed by atoms with E-state index in [1.807, 2.05) is 42.2 Å². The van der Waals surface area contributed by atoms with E-state index in [2.05, 4.69) is 27.7 Å². The van der Waals surface area contributed by atoms with Gasteiger partial charge in [-0.1, -0.05) is 33.8 Å². The van der Waals surface area contributed by atoms with Crippen LogP contribution in [0, 0.1) is 18.3 Å². The van der Waals surface area contributed by atoms with Crippen LogP contribution in [0.3, 0.4) is 0 Å². The monoisotopic (exact) mass is 385 g/mol. The molecule has 5 nitrogen and oxygen atoms in total. The summed E-state index contributed by atoms with van der Waals surface area (Å²) in [5.74, 6) is 3.61. The fourth-order valence-electron chi connectivity index (χ4n) is 3.79. The number of ether oxygens (including phenoxy) is 2. The number of hydrogen-bond donors (Lipinski definition) is 0. The number of carbonyl (C=O) groups is 1. The summed E-state index contributed by atoms with van der Waals surface area (Å²) in [6.45, 7) is 11.9. The summed E-state index contributed by atoms with van der Waals surface area (Å²) < 4.78 is 16.6. The van der Waals surface area contributed by atoms with Gasteiger partial charge in [0.15, 0.2) is 11.5 Å². The lowest BCUT2D eigenvalue weighted by Gasteiger charge is -2.27. The first-order valence-electron chi connectivity index (χ1n) is 9.91. The van der Waals surface area contributed by atoms with E-state index >= 15 is 0 Å². The minimum Gasteiger partial charge on any atom is -0.464 e. The summed E-state index contributed by atoms with van der Waals surface area (Å²) in [5.41, 5.74) is 1.23. The maximum atomic E-state index is 13.1. The normalized spacial score (nSPS) is 14.2. The summed E-state index contributed by atoms with van der Waals surface area (Å²) in [7, 11) is 0. The first-order chi connectivity index (χ1) is 13.2. The summed E-state index contributed by atoms with van der Waals surface area (Å²) in [4.78, 5) is 15.0. The molecule has 2 aromatic rings. The Balaban J connectivity index is 1.73. The zero-order chi connectivity index (χ0) is 20.3. The maximum absolute atomic E-state index is 13.1. The second-order valence-corrected chi connectivity index (χ2v) is 9.02. The molecule has 0 aliphatic carbocycles. The van der Waals surface area contributed by atoms with E-state index in [4.69, 9.17) is 13.9 Å². The van der Waals surface area contributed by atoms with Crippen molar-refractivity contribution in [3.63, 3.8) is 0 Å². The minimum absolute atomic E-state index is 0.142. The molecule has 1 atom stereocenters. The van der Waals surface area contributed by atoms with Crippen LogP contribution in [0.25, 0.3) is 0 Å². The van der Waals surface area contributed by atoms with Crippen molar-refractivity contribution in [2.24, 2.45) is 11.3 Å². The highest BCUT2D eigenvalue weighted by atomic mass is 16.7. The van der Waals surface area contributed by atoms with Gasteiger partial charge in [0.25, 0.3) is 0 Å². The van der Waals surface area contributed by atoms with Crippen molar-refractivity contribution in [3.05, 3.63) is 47.4 Å². The van der Waals surface area contributed by atoms with Crippen LogP contribution in [-0.4, -0.2) is 17.6 Å². The Morgan fingerprint density at radius 1 is 1.11 bits per heavy atom. The molecule has 0 bridgehead atoms.